The first-order chi connectivity index (χ1) is 19.6. The first-order valence-corrected chi connectivity index (χ1v) is 13.3. The Bertz CT molecular complexity index is 1330. The number of nitrogens with zero attached hydrogens (tertiary/aromatic N) is 2. The van der Waals surface area contributed by atoms with E-state index in [2.05, 4.69) is 25.8 Å². The molecule has 0 unspecified atom stereocenters. The Labute approximate surface area is 232 Å². The van der Waals surface area contributed by atoms with E-state index in [1.54, 1.807) is 30.3 Å². The molecule has 3 aromatic carbocycles. The van der Waals surface area contributed by atoms with Crippen LogP contribution in [0.1, 0.15) is 6.92 Å². The fraction of sp³-hybridized carbons (Fsp3) is 0.310. The van der Waals surface area contributed by atoms with Crippen molar-refractivity contribution in [3.05, 3.63) is 66.7 Å². The van der Waals surface area contributed by atoms with Gasteiger partial charge in [0.1, 0.15) is 12.4 Å². The number of fused-ring (bicyclic) bond motifs is 1. The lowest BCUT2D eigenvalue weighted by molar-refractivity contribution is 0.137. The molecule has 40 heavy (non-hydrogen) atoms. The van der Waals surface area contributed by atoms with Gasteiger partial charge in [-0.2, -0.15) is 0 Å². The molecule has 0 radical (unpaired) electrons. The average molecular weight is 548 g/mol. The summed E-state index contributed by atoms with van der Waals surface area (Å²) in [6.07, 6.45) is -0.502. The van der Waals surface area contributed by atoms with Gasteiger partial charge < -0.3 is 34.5 Å². The fourth-order valence-electron chi connectivity index (χ4n) is 4.54. The summed E-state index contributed by atoms with van der Waals surface area (Å²) >= 11 is 0. The second-order valence-corrected chi connectivity index (χ2v) is 9.22. The number of benzene rings is 3. The summed E-state index contributed by atoms with van der Waals surface area (Å²) in [5.41, 5.74) is 2.93. The van der Waals surface area contributed by atoms with Crippen molar-refractivity contribution < 1.29 is 28.5 Å². The van der Waals surface area contributed by atoms with Crippen LogP contribution in [0.3, 0.4) is 0 Å². The highest BCUT2D eigenvalue weighted by atomic mass is 16.7. The SMILES string of the molecule is CCOc1ccccc1NC(=O)OCCN1CCN(c2cccc(NC(=O)Nc3ccc4c(c3)OCO4)c2)CC1. The summed E-state index contributed by atoms with van der Waals surface area (Å²) in [5, 5.41) is 8.46. The van der Waals surface area contributed by atoms with Crippen LogP contribution in [0.5, 0.6) is 17.2 Å². The van der Waals surface area contributed by atoms with Gasteiger partial charge in [0.15, 0.2) is 11.5 Å². The van der Waals surface area contributed by atoms with E-state index >= 15 is 0 Å². The molecule has 0 saturated carbocycles. The number of hydrogen-bond donors (Lipinski definition) is 3. The average Bonchev–Trinajstić information content (AvgIpc) is 3.43. The van der Waals surface area contributed by atoms with E-state index in [0.717, 1.165) is 31.9 Å². The van der Waals surface area contributed by atoms with Crippen LogP contribution in [-0.2, 0) is 4.74 Å². The van der Waals surface area contributed by atoms with Crippen LogP contribution in [0.15, 0.2) is 66.7 Å². The van der Waals surface area contributed by atoms with E-state index in [9.17, 15) is 9.59 Å². The lowest BCUT2D eigenvalue weighted by atomic mass is 10.2. The minimum absolute atomic E-state index is 0.182. The smallest absolute Gasteiger partial charge is 0.411 e. The molecule has 0 bridgehead atoms. The molecule has 11 nitrogen and oxygen atoms in total. The number of piperazine rings is 1. The van der Waals surface area contributed by atoms with Crippen molar-refractivity contribution in [3.63, 3.8) is 0 Å². The first kappa shape index (κ1) is 26.9. The number of ether oxygens (including phenoxy) is 4. The van der Waals surface area contributed by atoms with Gasteiger partial charge in [0, 0.05) is 55.9 Å². The molecule has 11 heteroatoms. The summed E-state index contributed by atoms with van der Waals surface area (Å²) in [7, 11) is 0. The number of anilines is 4. The normalized spacial score (nSPS) is 14.4. The van der Waals surface area contributed by atoms with E-state index < -0.39 is 6.09 Å². The van der Waals surface area contributed by atoms with Crippen molar-refractivity contribution in [2.24, 2.45) is 0 Å². The van der Waals surface area contributed by atoms with Gasteiger partial charge in [-0.1, -0.05) is 18.2 Å². The fourth-order valence-corrected chi connectivity index (χ4v) is 4.54. The van der Waals surface area contributed by atoms with E-state index in [0.29, 0.717) is 54.1 Å². The molecule has 0 aromatic heterocycles. The molecule has 210 valence electrons. The third-order valence-corrected chi connectivity index (χ3v) is 6.54. The Morgan fingerprint density at radius 2 is 1.62 bits per heavy atom. The monoisotopic (exact) mass is 547 g/mol. The van der Waals surface area contributed by atoms with Crippen LogP contribution in [0, 0.1) is 0 Å². The zero-order valence-corrected chi connectivity index (χ0v) is 22.4. The minimum Gasteiger partial charge on any atom is -0.492 e. The molecule has 3 aromatic rings. The van der Waals surface area contributed by atoms with Crippen LogP contribution in [0.25, 0.3) is 0 Å². The summed E-state index contributed by atoms with van der Waals surface area (Å²) in [4.78, 5) is 29.3. The van der Waals surface area contributed by atoms with Crippen LogP contribution < -0.4 is 35.1 Å². The zero-order chi connectivity index (χ0) is 27.7. The highest BCUT2D eigenvalue weighted by molar-refractivity contribution is 6.00. The van der Waals surface area contributed by atoms with E-state index in [-0.39, 0.29) is 12.8 Å². The minimum atomic E-state index is -0.502. The highest BCUT2D eigenvalue weighted by Gasteiger charge is 2.19. The molecule has 3 N–H and O–H groups in total. The molecule has 1 saturated heterocycles. The van der Waals surface area contributed by atoms with Crippen molar-refractivity contribution in [1.82, 2.24) is 4.90 Å². The number of carbonyl (C=O) groups is 2. The molecule has 2 aliphatic rings. The topological polar surface area (TPSA) is 114 Å². The number of amides is 3. The van der Waals surface area contributed by atoms with Crippen LogP contribution >= 0.6 is 0 Å². The number of rotatable bonds is 9. The molecule has 0 spiro atoms. The van der Waals surface area contributed by atoms with E-state index in [1.165, 1.54) is 0 Å². The van der Waals surface area contributed by atoms with E-state index in [4.69, 9.17) is 18.9 Å². The molecule has 3 amide bonds. The standard InChI is InChI=1S/C29H33N5O6/c1-2-37-25-9-4-3-8-24(25)32-29(36)38-17-16-33-12-14-34(15-13-33)23-7-5-6-21(18-23)30-28(35)31-22-10-11-26-27(19-22)40-20-39-26/h3-11,18-19H,2,12-17,20H2,1H3,(H,32,36)(H2,30,31,35). The third kappa shape index (κ3) is 7.06. The Balaban J connectivity index is 1.04. The van der Waals surface area contributed by atoms with Gasteiger partial charge in [-0.3, -0.25) is 10.2 Å². The van der Waals surface area contributed by atoms with Crippen molar-refractivity contribution in [3.8, 4) is 17.2 Å². The quantitative estimate of drug-likeness (QED) is 0.349. The molecule has 0 aliphatic carbocycles. The zero-order valence-electron chi connectivity index (χ0n) is 22.4. The predicted molar refractivity (Wildman–Crippen MR) is 153 cm³/mol. The highest BCUT2D eigenvalue weighted by Crippen LogP contribution is 2.34. The van der Waals surface area contributed by atoms with Gasteiger partial charge in [-0.05, 0) is 49.4 Å². The van der Waals surface area contributed by atoms with Gasteiger partial charge >= 0.3 is 12.1 Å². The van der Waals surface area contributed by atoms with Gasteiger partial charge in [0.05, 0.1) is 12.3 Å². The summed E-state index contributed by atoms with van der Waals surface area (Å²) in [5.74, 6) is 1.89. The molecule has 2 aliphatic heterocycles. The van der Waals surface area contributed by atoms with Crippen LogP contribution in [-0.4, -0.2) is 69.8 Å². The predicted octanol–water partition coefficient (Wildman–Crippen LogP) is 4.83. The third-order valence-electron chi connectivity index (χ3n) is 6.54. The first-order valence-electron chi connectivity index (χ1n) is 13.3. The lowest BCUT2D eigenvalue weighted by Crippen LogP contribution is -2.47. The molecule has 5 rings (SSSR count). The Morgan fingerprint density at radius 3 is 2.45 bits per heavy atom. The van der Waals surface area contributed by atoms with Crippen LogP contribution in [0.4, 0.5) is 32.3 Å². The van der Waals surface area contributed by atoms with Crippen molar-refractivity contribution in [2.45, 2.75) is 6.92 Å². The molecule has 2 heterocycles. The number of hydrogen-bond acceptors (Lipinski definition) is 8. The largest absolute Gasteiger partial charge is 0.492 e. The Kier molecular flexibility index (Phi) is 8.72. The summed E-state index contributed by atoms with van der Waals surface area (Å²) < 4.78 is 21.6. The number of urea groups is 1. The maximum Gasteiger partial charge on any atom is 0.411 e. The van der Waals surface area contributed by atoms with Gasteiger partial charge in [-0.25, -0.2) is 9.59 Å². The van der Waals surface area contributed by atoms with Crippen molar-refractivity contribution in [1.29, 1.82) is 0 Å². The van der Waals surface area contributed by atoms with Crippen molar-refractivity contribution in [2.75, 3.05) is 73.6 Å². The molecular formula is C29H33N5O6. The second kappa shape index (κ2) is 12.9. The summed E-state index contributed by atoms with van der Waals surface area (Å²) in [6, 6.07) is 20.0. The number of para-hydroxylation sites is 2. The molecular weight excluding hydrogens is 514 g/mol. The van der Waals surface area contributed by atoms with Gasteiger partial charge in [0.25, 0.3) is 0 Å². The second-order valence-electron chi connectivity index (χ2n) is 9.22. The Morgan fingerprint density at radius 1 is 0.850 bits per heavy atom. The summed E-state index contributed by atoms with van der Waals surface area (Å²) in [6.45, 7) is 6.84. The van der Waals surface area contributed by atoms with Crippen LogP contribution in [0.2, 0.25) is 0 Å². The lowest BCUT2D eigenvalue weighted by Gasteiger charge is -2.36. The van der Waals surface area contributed by atoms with Crippen molar-refractivity contribution >= 4 is 34.9 Å². The van der Waals surface area contributed by atoms with E-state index in [1.807, 2.05) is 43.3 Å². The Hall–Kier alpha value is -4.64. The number of carbonyl (C=O) groups excluding carboxylic acids is 2. The molecule has 1 fully saturated rings. The maximum atomic E-state index is 12.5. The number of nitrogens with one attached hydrogen (secondary N) is 3. The van der Waals surface area contributed by atoms with Gasteiger partial charge in [0.2, 0.25) is 6.79 Å². The maximum absolute atomic E-state index is 12.5. The molecule has 0 atom stereocenters. The van der Waals surface area contributed by atoms with Gasteiger partial charge in [-0.15, -0.1) is 0 Å².